The molecule has 0 aliphatic rings. The predicted octanol–water partition coefficient (Wildman–Crippen LogP) is 3.69. The lowest BCUT2D eigenvalue weighted by atomic mass is 10.3. The average molecular weight is 389 g/mol. The second-order valence-corrected chi connectivity index (χ2v) is 5.23. The van der Waals surface area contributed by atoms with Gasteiger partial charge in [-0.05, 0) is 50.1 Å². The molecule has 0 atom stereocenters. The maximum atomic E-state index is 5.69. The van der Waals surface area contributed by atoms with Crippen molar-refractivity contribution < 1.29 is 9.47 Å². The van der Waals surface area contributed by atoms with E-state index in [0.29, 0.717) is 23.2 Å². The summed E-state index contributed by atoms with van der Waals surface area (Å²) in [6.07, 6.45) is 0. The number of nitrogen functional groups attached to an aromatic ring is 1. The van der Waals surface area contributed by atoms with Crippen LogP contribution in [0.4, 0.5) is 5.82 Å². The average Bonchev–Trinajstić information content (AvgIpc) is 2.42. The van der Waals surface area contributed by atoms with Gasteiger partial charge in [0.25, 0.3) is 0 Å². The summed E-state index contributed by atoms with van der Waals surface area (Å²) in [6.45, 7) is 0. The summed E-state index contributed by atoms with van der Waals surface area (Å²) < 4.78 is 12.4. The van der Waals surface area contributed by atoms with Gasteiger partial charge in [-0.3, -0.25) is 0 Å². The normalized spacial score (nSPS) is 10.1. The van der Waals surface area contributed by atoms with Crippen LogP contribution in [0, 0.1) is 0 Å². The van der Waals surface area contributed by atoms with E-state index in [2.05, 4.69) is 42.3 Å². The number of halogens is 2. The number of anilines is 1. The molecular formula is C12H11Br2N3O2. The summed E-state index contributed by atoms with van der Waals surface area (Å²) in [5.41, 5.74) is 2.47. The first kappa shape index (κ1) is 14.1. The lowest BCUT2D eigenvalue weighted by molar-refractivity contribution is 0.408. The van der Waals surface area contributed by atoms with Gasteiger partial charge in [0.1, 0.15) is 17.3 Å². The van der Waals surface area contributed by atoms with Crippen molar-refractivity contribution in [2.75, 3.05) is 12.5 Å². The zero-order valence-electron chi connectivity index (χ0n) is 9.98. The van der Waals surface area contributed by atoms with Gasteiger partial charge in [-0.25, -0.2) is 5.84 Å². The highest BCUT2D eigenvalue weighted by molar-refractivity contribution is 9.11. The van der Waals surface area contributed by atoms with Crippen molar-refractivity contribution in [2.45, 2.75) is 0 Å². The Morgan fingerprint density at radius 1 is 1.16 bits per heavy atom. The molecule has 2 rings (SSSR count). The number of ether oxygens (including phenoxy) is 2. The van der Waals surface area contributed by atoms with Crippen molar-refractivity contribution in [1.82, 2.24) is 4.98 Å². The van der Waals surface area contributed by atoms with Gasteiger partial charge in [-0.15, -0.1) is 0 Å². The highest BCUT2D eigenvalue weighted by Crippen LogP contribution is 2.37. The van der Waals surface area contributed by atoms with E-state index in [1.165, 1.54) is 0 Å². The second kappa shape index (κ2) is 6.23. The van der Waals surface area contributed by atoms with Crippen LogP contribution >= 0.6 is 31.9 Å². The molecule has 2 aromatic rings. The van der Waals surface area contributed by atoms with Crippen LogP contribution in [-0.2, 0) is 0 Å². The van der Waals surface area contributed by atoms with Crippen molar-refractivity contribution in [3.8, 4) is 17.4 Å². The molecule has 7 heteroatoms. The molecule has 0 saturated carbocycles. The zero-order chi connectivity index (χ0) is 13.8. The number of nitrogens with one attached hydrogen (secondary N) is 1. The highest BCUT2D eigenvalue weighted by atomic mass is 79.9. The Hall–Kier alpha value is -1.31. The van der Waals surface area contributed by atoms with Crippen LogP contribution in [0.3, 0.4) is 0 Å². The van der Waals surface area contributed by atoms with E-state index in [0.717, 1.165) is 8.95 Å². The number of rotatable bonds is 4. The molecule has 0 saturated heterocycles. The smallest absolute Gasteiger partial charge is 0.221 e. The van der Waals surface area contributed by atoms with Crippen molar-refractivity contribution >= 4 is 37.7 Å². The minimum absolute atomic E-state index is 0.438. The number of pyridine rings is 1. The molecule has 0 spiro atoms. The predicted molar refractivity (Wildman–Crippen MR) is 80.5 cm³/mol. The third-order valence-electron chi connectivity index (χ3n) is 2.29. The van der Waals surface area contributed by atoms with Crippen LogP contribution < -0.4 is 20.7 Å². The standard InChI is InChI=1S/C12H11Br2N3O2/c1-18-9-5-8(14)10(6-7(9)13)19-12-4-2-3-11(16-12)17-15/h2-6H,15H2,1H3,(H,16,17). The van der Waals surface area contributed by atoms with Crippen LogP contribution in [0.25, 0.3) is 0 Å². The molecular weight excluding hydrogens is 378 g/mol. The molecule has 0 aliphatic heterocycles. The lowest BCUT2D eigenvalue weighted by Crippen LogP contribution is -2.08. The number of hydrazine groups is 1. The van der Waals surface area contributed by atoms with E-state index in [4.69, 9.17) is 15.3 Å². The minimum Gasteiger partial charge on any atom is -0.496 e. The van der Waals surface area contributed by atoms with Crippen LogP contribution in [0.5, 0.6) is 17.4 Å². The number of aromatic nitrogens is 1. The number of nitrogens with zero attached hydrogens (tertiary/aromatic N) is 1. The van der Waals surface area contributed by atoms with Gasteiger partial charge in [0, 0.05) is 6.07 Å². The molecule has 5 nitrogen and oxygen atoms in total. The van der Waals surface area contributed by atoms with Crippen LogP contribution in [-0.4, -0.2) is 12.1 Å². The van der Waals surface area contributed by atoms with Crippen LogP contribution in [0.15, 0.2) is 39.3 Å². The first-order chi connectivity index (χ1) is 9.13. The monoisotopic (exact) mass is 387 g/mol. The van der Waals surface area contributed by atoms with Gasteiger partial charge in [0.2, 0.25) is 5.88 Å². The Bertz CT molecular complexity index is 593. The summed E-state index contributed by atoms with van der Waals surface area (Å²) in [7, 11) is 1.60. The highest BCUT2D eigenvalue weighted by Gasteiger charge is 2.10. The van der Waals surface area contributed by atoms with E-state index >= 15 is 0 Å². The number of methoxy groups -OCH3 is 1. The molecule has 1 heterocycles. The van der Waals surface area contributed by atoms with Gasteiger partial charge in [-0.1, -0.05) is 6.07 Å². The molecule has 0 radical (unpaired) electrons. The van der Waals surface area contributed by atoms with Gasteiger partial charge < -0.3 is 14.9 Å². The third kappa shape index (κ3) is 3.37. The molecule has 0 aliphatic carbocycles. The maximum Gasteiger partial charge on any atom is 0.221 e. The van der Waals surface area contributed by atoms with E-state index in [1.807, 2.05) is 6.07 Å². The summed E-state index contributed by atoms with van der Waals surface area (Å²) in [4.78, 5) is 4.17. The van der Waals surface area contributed by atoms with E-state index in [-0.39, 0.29) is 0 Å². The van der Waals surface area contributed by atoms with E-state index in [1.54, 1.807) is 31.4 Å². The Morgan fingerprint density at radius 2 is 1.84 bits per heavy atom. The Labute approximate surface area is 127 Å². The van der Waals surface area contributed by atoms with Crippen LogP contribution in [0.1, 0.15) is 0 Å². The van der Waals surface area contributed by atoms with E-state index in [9.17, 15) is 0 Å². The molecule has 100 valence electrons. The summed E-state index contributed by atoms with van der Waals surface area (Å²) in [5.74, 6) is 7.60. The number of hydrogen-bond acceptors (Lipinski definition) is 5. The number of nitrogens with two attached hydrogens (primary N) is 1. The zero-order valence-corrected chi connectivity index (χ0v) is 13.2. The fourth-order valence-electron chi connectivity index (χ4n) is 1.41. The summed E-state index contributed by atoms with van der Waals surface area (Å²) in [5, 5.41) is 0. The Balaban J connectivity index is 2.30. The fraction of sp³-hybridized carbons (Fsp3) is 0.0833. The quantitative estimate of drug-likeness (QED) is 0.617. The van der Waals surface area contributed by atoms with Gasteiger partial charge in [-0.2, -0.15) is 4.98 Å². The second-order valence-electron chi connectivity index (χ2n) is 3.52. The molecule has 19 heavy (non-hydrogen) atoms. The topological polar surface area (TPSA) is 69.4 Å². The minimum atomic E-state index is 0.438. The third-order valence-corrected chi connectivity index (χ3v) is 3.53. The SMILES string of the molecule is COc1cc(Br)c(Oc2cccc(NN)n2)cc1Br. The van der Waals surface area contributed by atoms with Gasteiger partial charge in [0.15, 0.2) is 0 Å². The molecule has 0 amide bonds. The first-order valence-corrected chi connectivity index (χ1v) is 6.87. The van der Waals surface area contributed by atoms with Crippen molar-refractivity contribution in [2.24, 2.45) is 5.84 Å². The fourth-order valence-corrected chi connectivity index (χ4v) is 2.30. The molecule has 1 aromatic carbocycles. The number of hydrogen-bond donors (Lipinski definition) is 2. The summed E-state index contributed by atoms with van der Waals surface area (Å²) >= 11 is 6.83. The van der Waals surface area contributed by atoms with Crippen molar-refractivity contribution in [3.05, 3.63) is 39.3 Å². The molecule has 0 unspecified atom stereocenters. The Kier molecular flexibility index (Phi) is 4.62. The first-order valence-electron chi connectivity index (χ1n) is 5.28. The maximum absolute atomic E-state index is 5.69. The molecule has 3 N–H and O–H groups in total. The number of benzene rings is 1. The molecule has 0 fully saturated rings. The lowest BCUT2D eigenvalue weighted by Gasteiger charge is -2.10. The van der Waals surface area contributed by atoms with Crippen molar-refractivity contribution in [1.29, 1.82) is 0 Å². The Morgan fingerprint density at radius 3 is 2.53 bits per heavy atom. The molecule has 1 aromatic heterocycles. The van der Waals surface area contributed by atoms with Crippen LogP contribution in [0.2, 0.25) is 0 Å². The van der Waals surface area contributed by atoms with Crippen molar-refractivity contribution in [3.63, 3.8) is 0 Å². The van der Waals surface area contributed by atoms with E-state index < -0.39 is 0 Å². The summed E-state index contributed by atoms with van der Waals surface area (Å²) in [6, 6.07) is 8.89. The van der Waals surface area contributed by atoms with Gasteiger partial charge in [0.05, 0.1) is 16.1 Å². The van der Waals surface area contributed by atoms with Gasteiger partial charge >= 0.3 is 0 Å². The molecule has 0 bridgehead atoms. The largest absolute Gasteiger partial charge is 0.496 e.